The van der Waals surface area contributed by atoms with E-state index in [1.165, 1.54) is 48.3 Å². The molecule has 0 saturated carbocycles. The standard InChI is InChI=1S/C19H20N2O4/c1-13(15-7-6-14-4-2-3-5-16(14)12-15)20-18(22)10-8-17-9-11-19(25-17)21(23)24/h6-13H,2-5H2,1H3,(H,20,22)/b10-8+/t13-/m1/s1. The minimum Gasteiger partial charge on any atom is -0.401 e. The molecular formula is C19H20N2O4. The number of rotatable bonds is 5. The minimum absolute atomic E-state index is 0.115. The van der Waals surface area contributed by atoms with Crippen LogP contribution in [0.15, 0.2) is 40.8 Å². The van der Waals surface area contributed by atoms with Crippen molar-refractivity contribution in [3.63, 3.8) is 0 Å². The second-order valence-corrected chi connectivity index (χ2v) is 6.23. The Morgan fingerprint density at radius 2 is 2.00 bits per heavy atom. The van der Waals surface area contributed by atoms with Crippen LogP contribution in [0.1, 0.15) is 48.3 Å². The normalized spacial score (nSPS) is 14.9. The lowest BCUT2D eigenvalue weighted by atomic mass is 9.89. The Morgan fingerprint density at radius 3 is 2.72 bits per heavy atom. The minimum atomic E-state index is -0.616. The smallest absolute Gasteiger partial charge is 0.401 e. The Balaban J connectivity index is 1.61. The average molecular weight is 340 g/mol. The SMILES string of the molecule is C[C@@H](NC(=O)/C=C/c1ccc([N+](=O)[O-])o1)c1ccc2c(c1)CCCC2. The molecule has 1 amide bonds. The Labute approximate surface area is 145 Å². The zero-order chi connectivity index (χ0) is 17.8. The molecule has 1 heterocycles. The number of amides is 1. The van der Waals surface area contributed by atoms with E-state index in [1.54, 1.807) is 0 Å². The number of hydrogen-bond acceptors (Lipinski definition) is 4. The molecule has 6 nitrogen and oxygen atoms in total. The van der Waals surface area contributed by atoms with Crippen LogP contribution in [0.25, 0.3) is 6.08 Å². The van der Waals surface area contributed by atoms with E-state index in [2.05, 4.69) is 23.5 Å². The lowest BCUT2D eigenvalue weighted by Gasteiger charge is -2.19. The molecule has 0 fully saturated rings. The van der Waals surface area contributed by atoms with Crippen LogP contribution in [0.5, 0.6) is 0 Å². The Morgan fingerprint density at radius 1 is 1.24 bits per heavy atom. The van der Waals surface area contributed by atoms with Crippen LogP contribution in [-0.4, -0.2) is 10.8 Å². The molecule has 1 atom stereocenters. The second kappa shape index (κ2) is 7.34. The van der Waals surface area contributed by atoms with Gasteiger partial charge in [0.25, 0.3) is 0 Å². The van der Waals surface area contributed by atoms with Crippen LogP contribution < -0.4 is 5.32 Å². The fourth-order valence-corrected chi connectivity index (χ4v) is 3.06. The lowest BCUT2D eigenvalue weighted by molar-refractivity contribution is -0.402. The van der Waals surface area contributed by atoms with Crippen LogP contribution >= 0.6 is 0 Å². The fraction of sp³-hybridized carbons (Fsp3) is 0.316. The monoisotopic (exact) mass is 340 g/mol. The molecule has 6 heteroatoms. The molecule has 1 aromatic carbocycles. The summed E-state index contributed by atoms with van der Waals surface area (Å²) in [7, 11) is 0. The van der Waals surface area contributed by atoms with Gasteiger partial charge in [0.05, 0.1) is 12.1 Å². The van der Waals surface area contributed by atoms with E-state index in [4.69, 9.17) is 4.42 Å². The molecule has 0 spiro atoms. The molecule has 3 rings (SSSR count). The highest BCUT2D eigenvalue weighted by molar-refractivity contribution is 5.91. The van der Waals surface area contributed by atoms with Crippen molar-refractivity contribution in [1.29, 1.82) is 0 Å². The van der Waals surface area contributed by atoms with Gasteiger partial charge in [-0.05, 0) is 61.4 Å². The highest BCUT2D eigenvalue weighted by Gasteiger charge is 2.14. The molecule has 25 heavy (non-hydrogen) atoms. The largest absolute Gasteiger partial charge is 0.433 e. The van der Waals surface area contributed by atoms with Gasteiger partial charge in [-0.3, -0.25) is 14.9 Å². The number of fused-ring (bicyclic) bond motifs is 1. The van der Waals surface area contributed by atoms with Crippen LogP contribution in [0, 0.1) is 10.1 Å². The molecule has 130 valence electrons. The Hall–Kier alpha value is -2.89. The predicted molar refractivity (Wildman–Crippen MR) is 94.0 cm³/mol. The zero-order valence-corrected chi connectivity index (χ0v) is 14.0. The maximum absolute atomic E-state index is 12.1. The predicted octanol–water partition coefficient (Wildman–Crippen LogP) is 3.96. The molecule has 1 N–H and O–H groups in total. The number of carbonyl (C=O) groups excluding carboxylic acids is 1. The summed E-state index contributed by atoms with van der Waals surface area (Å²) in [6, 6.07) is 9.00. The van der Waals surface area contributed by atoms with Crippen LogP contribution in [-0.2, 0) is 17.6 Å². The first-order chi connectivity index (χ1) is 12.0. The summed E-state index contributed by atoms with van der Waals surface area (Å²) in [6.07, 6.45) is 7.43. The molecular weight excluding hydrogens is 320 g/mol. The van der Waals surface area contributed by atoms with Gasteiger partial charge in [0, 0.05) is 6.08 Å². The fourth-order valence-electron chi connectivity index (χ4n) is 3.06. The van der Waals surface area contributed by atoms with Crippen molar-refractivity contribution in [3.8, 4) is 0 Å². The summed E-state index contributed by atoms with van der Waals surface area (Å²) >= 11 is 0. The van der Waals surface area contributed by atoms with E-state index in [0.717, 1.165) is 18.4 Å². The van der Waals surface area contributed by atoms with Gasteiger partial charge in [0.15, 0.2) is 0 Å². The lowest BCUT2D eigenvalue weighted by Crippen LogP contribution is -2.24. The van der Waals surface area contributed by atoms with Gasteiger partial charge in [-0.25, -0.2) is 0 Å². The Bertz CT molecular complexity index is 823. The summed E-state index contributed by atoms with van der Waals surface area (Å²) in [5, 5.41) is 13.5. The van der Waals surface area contributed by atoms with Crippen molar-refractivity contribution in [1.82, 2.24) is 5.32 Å². The van der Waals surface area contributed by atoms with E-state index < -0.39 is 4.92 Å². The van der Waals surface area contributed by atoms with Crippen molar-refractivity contribution in [2.45, 2.75) is 38.6 Å². The summed E-state index contributed by atoms with van der Waals surface area (Å²) in [5.41, 5.74) is 3.87. The molecule has 0 unspecified atom stereocenters. The van der Waals surface area contributed by atoms with Crippen molar-refractivity contribution in [2.24, 2.45) is 0 Å². The second-order valence-electron chi connectivity index (χ2n) is 6.23. The van der Waals surface area contributed by atoms with Crippen molar-refractivity contribution < 1.29 is 14.1 Å². The molecule has 1 aliphatic carbocycles. The van der Waals surface area contributed by atoms with E-state index in [9.17, 15) is 14.9 Å². The molecule has 0 bridgehead atoms. The number of aryl methyl sites for hydroxylation is 2. The van der Waals surface area contributed by atoms with Gasteiger partial charge >= 0.3 is 5.88 Å². The number of nitrogens with one attached hydrogen (secondary N) is 1. The number of hydrogen-bond donors (Lipinski definition) is 1. The topological polar surface area (TPSA) is 85.4 Å². The number of carbonyl (C=O) groups is 1. The van der Waals surface area contributed by atoms with Gasteiger partial charge < -0.3 is 9.73 Å². The number of nitrogens with zero attached hydrogens (tertiary/aromatic N) is 1. The number of furan rings is 1. The van der Waals surface area contributed by atoms with E-state index in [-0.39, 0.29) is 23.6 Å². The van der Waals surface area contributed by atoms with E-state index >= 15 is 0 Å². The maximum Gasteiger partial charge on any atom is 0.433 e. The first-order valence-corrected chi connectivity index (χ1v) is 8.37. The first-order valence-electron chi connectivity index (χ1n) is 8.37. The number of nitro groups is 1. The first kappa shape index (κ1) is 17.0. The van der Waals surface area contributed by atoms with Gasteiger partial charge in [-0.15, -0.1) is 0 Å². The van der Waals surface area contributed by atoms with Gasteiger partial charge in [0.2, 0.25) is 5.91 Å². The van der Waals surface area contributed by atoms with E-state index in [0.29, 0.717) is 0 Å². The van der Waals surface area contributed by atoms with Crippen LogP contribution in [0.2, 0.25) is 0 Å². The molecule has 0 saturated heterocycles. The highest BCUT2D eigenvalue weighted by atomic mass is 16.6. The Kier molecular flexibility index (Phi) is 4.97. The third kappa shape index (κ3) is 4.15. The van der Waals surface area contributed by atoms with Gasteiger partial charge in [-0.1, -0.05) is 18.2 Å². The average Bonchev–Trinajstić information content (AvgIpc) is 3.09. The summed E-state index contributed by atoms with van der Waals surface area (Å²) in [6.45, 7) is 1.94. The van der Waals surface area contributed by atoms with Crippen LogP contribution in [0.3, 0.4) is 0 Å². The third-order valence-corrected chi connectivity index (χ3v) is 4.42. The summed E-state index contributed by atoms with van der Waals surface area (Å²) in [5.74, 6) is -0.352. The van der Waals surface area contributed by atoms with Crippen molar-refractivity contribution in [2.75, 3.05) is 0 Å². The number of benzene rings is 1. The third-order valence-electron chi connectivity index (χ3n) is 4.42. The van der Waals surface area contributed by atoms with Gasteiger partial charge in [-0.2, -0.15) is 0 Å². The van der Waals surface area contributed by atoms with E-state index in [1.807, 2.05) is 6.92 Å². The van der Waals surface area contributed by atoms with Crippen LogP contribution in [0.4, 0.5) is 5.88 Å². The van der Waals surface area contributed by atoms with Gasteiger partial charge in [0.1, 0.15) is 10.7 Å². The molecule has 0 radical (unpaired) electrons. The quantitative estimate of drug-likeness (QED) is 0.507. The van der Waals surface area contributed by atoms with Crippen molar-refractivity contribution >= 4 is 17.9 Å². The molecule has 1 aromatic heterocycles. The molecule has 1 aliphatic rings. The maximum atomic E-state index is 12.1. The molecule has 0 aliphatic heterocycles. The summed E-state index contributed by atoms with van der Waals surface area (Å²) < 4.78 is 4.98. The molecule has 2 aromatic rings. The highest BCUT2D eigenvalue weighted by Crippen LogP contribution is 2.24. The zero-order valence-electron chi connectivity index (χ0n) is 14.0. The summed E-state index contributed by atoms with van der Waals surface area (Å²) in [4.78, 5) is 22.0. The van der Waals surface area contributed by atoms with Crippen molar-refractivity contribution in [3.05, 3.63) is 69.0 Å².